The van der Waals surface area contributed by atoms with E-state index >= 15 is 0 Å². The van der Waals surface area contributed by atoms with Gasteiger partial charge in [0.25, 0.3) is 0 Å². The molecule has 0 fully saturated rings. The molecule has 3 rings (SSSR count). The summed E-state index contributed by atoms with van der Waals surface area (Å²) in [6.07, 6.45) is 0.833. The van der Waals surface area contributed by atoms with Crippen LogP contribution in [0.1, 0.15) is 11.1 Å². The van der Waals surface area contributed by atoms with Crippen molar-refractivity contribution >= 4 is 0 Å². The van der Waals surface area contributed by atoms with Crippen molar-refractivity contribution in [3.63, 3.8) is 0 Å². The number of hydrogen-bond acceptors (Lipinski definition) is 2. The van der Waals surface area contributed by atoms with Crippen molar-refractivity contribution in [2.24, 2.45) is 0 Å². The first-order valence-electron chi connectivity index (χ1n) is 4.88. The zero-order chi connectivity index (χ0) is 10.4. The first kappa shape index (κ1) is 8.36. The number of phenols is 2. The summed E-state index contributed by atoms with van der Waals surface area (Å²) in [6, 6.07) is 10.8. The summed E-state index contributed by atoms with van der Waals surface area (Å²) < 4.78 is 0. The maximum absolute atomic E-state index is 9.43. The first-order valence-corrected chi connectivity index (χ1v) is 4.88. The summed E-state index contributed by atoms with van der Waals surface area (Å²) in [6.45, 7) is 0. The molecule has 0 amide bonds. The molecule has 15 heavy (non-hydrogen) atoms. The Kier molecular flexibility index (Phi) is 1.54. The van der Waals surface area contributed by atoms with Crippen molar-refractivity contribution in [1.29, 1.82) is 0 Å². The number of rotatable bonds is 0. The van der Waals surface area contributed by atoms with Gasteiger partial charge in [-0.3, -0.25) is 0 Å². The molecule has 74 valence electrons. The third kappa shape index (κ3) is 1.18. The standard InChI is InChI=1S/C13H10O2/c14-10-3-4-12-9(6-10)5-8-1-2-11(15)7-13(8)12/h1-4,6-7,14-15H,5H2. The minimum Gasteiger partial charge on any atom is -0.508 e. The molecule has 2 heteroatoms. The SMILES string of the molecule is Oc1ccc2c(c1)Cc1ccc(O)cc1-2. The molecular weight excluding hydrogens is 188 g/mol. The lowest BCUT2D eigenvalue weighted by molar-refractivity contribution is 0.474. The average Bonchev–Trinajstić information content (AvgIpc) is 2.54. The van der Waals surface area contributed by atoms with E-state index in [-0.39, 0.29) is 5.75 Å². The summed E-state index contributed by atoms with van der Waals surface area (Å²) >= 11 is 0. The summed E-state index contributed by atoms with van der Waals surface area (Å²) in [5.74, 6) is 0.584. The Morgan fingerprint density at radius 3 is 2.33 bits per heavy atom. The lowest BCUT2D eigenvalue weighted by Crippen LogP contribution is -1.78. The van der Waals surface area contributed by atoms with Crippen molar-refractivity contribution < 1.29 is 10.2 Å². The zero-order valence-electron chi connectivity index (χ0n) is 8.07. The molecule has 0 radical (unpaired) electrons. The van der Waals surface area contributed by atoms with Crippen LogP contribution in [-0.2, 0) is 6.42 Å². The van der Waals surface area contributed by atoms with Gasteiger partial charge in [-0.25, -0.2) is 0 Å². The highest BCUT2D eigenvalue weighted by molar-refractivity contribution is 5.78. The van der Waals surface area contributed by atoms with E-state index in [2.05, 4.69) is 0 Å². The second-order valence-electron chi connectivity index (χ2n) is 3.86. The van der Waals surface area contributed by atoms with E-state index in [0.29, 0.717) is 5.75 Å². The molecule has 2 nitrogen and oxygen atoms in total. The fourth-order valence-corrected chi connectivity index (χ4v) is 2.16. The predicted molar refractivity (Wildman–Crippen MR) is 58.0 cm³/mol. The van der Waals surface area contributed by atoms with Gasteiger partial charge in [0.2, 0.25) is 0 Å². The maximum atomic E-state index is 9.43. The molecule has 0 saturated heterocycles. The molecule has 2 N–H and O–H groups in total. The van der Waals surface area contributed by atoms with Crippen molar-refractivity contribution in [2.75, 3.05) is 0 Å². The largest absolute Gasteiger partial charge is 0.508 e. The Morgan fingerprint density at radius 2 is 1.47 bits per heavy atom. The van der Waals surface area contributed by atoms with Gasteiger partial charge in [-0.05, 0) is 52.9 Å². The second-order valence-corrected chi connectivity index (χ2v) is 3.86. The molecule has 0 atom stereocenters. The number of hydrogen-bond donors (Lipinski definition) is 2. The van der Waals surface area contributed by atoms with Crippen LogP contribution in [0.5, 0.6) is 11.5 Å². The number of aromatic hydroxyl groups is 2. The molecule has 0 aromatic heterocycles. The molecule has 1 aliphatic rings. The molecular formula is C13H10O2. The van der Waals surface area contributed by atoms with Gasteiger partial charge in [-0.1, -0.05) is 12.1 Å². The Hall–Kier alpha value is -1.96. The molecule has 0 unspecified atom stereocenters. The van der Waals surface area contributed by atoms with Gasteiger partial charge < -0.3 is 10.2 Å². The second kappa shape index (κ2) is 2.76. The molecule has 0 heterocycles. The molecule has 0 spiro atoms. The van der Waals surface area contributed by atoms with Crippen LogP contribution in [0.25, 0.3) is 11.1 Å². The Morgan fingerprint density at radius 1 is 0.733 bits per heavy atom. The van der Waals surface area contributed by atoms with Gasteiger partial charge in [0, 0.05) is 0 Å². The van der Waals surface area contributed by atoms with Crippen molar-refractivity contribution in [3.8, 4) is 22.6 Å². The van der Waals surface area contributed by atoms with Crippen LogP contribution in [0.2, 0.25) is 0 Å². The molecule has 2 aromatic rings. The van der Waals surface area contributed by atoms with Gasteiger partial charge in [0.1, 0.15) is 11.5 Å². The van der Waals surface area contributed by atoms with E-state index < -0.39 is 0 Å². The van der Waals surface area contributed by atoms with Crippen molar-refractivity contribution in [1.82, 2.24) is 0 Å². The fraction of sp³-hybridized carbons (Fsp3) is 0.0769. The molecule has 1 aliphatic carbocycles. The summed E-state index contributed by atoms with van der Waals surface area (Å²) in [4.78, 5) is 0. The van der Waals surface area contributed by atoms with Crippen LogP contribution in [0.3, 0.4) is 0 Å². The van der Waals surface area contributed by atoms with E-state index in [1.165, 1.54) is 5.56 Å². The molecule has 0 saturated carbocycles. The predicted octanol–water partition coefficient (Wildman–Crippen LogP) is 2.67. The van der Waals surface area contributed by atoms with E-state index in [4.69, 9.17) is 0 Å². The summed E-state index contributed by atoms with van der Waals surface area (Å²) in [5, 5.41) is 18.8. The lowest BCUT2D eigenvalue weighted by Gasteiger charge is -2.01. The smallest absolute Gasteiger partial charge is 0.116 e. The average molecular weight is 198 g/mol. The number of phenolic OH excluding ortho intramolecular Hbond substituents is 2. The molecule has 0 aliphatic heterocycles. The zero-order valence-corrected chi connectivity index (χ0v) is 8.07. The van der Waals surface area contributed by atoms with Crippen molar-refractivity contribution in [2.45, 2.75) is 6.42 Å². The highest BCUT2D eigenvalue weighted by atomic mass is 16.3. The fourth-order valence-electron chi connectivity index (χ4n) is 2.16. The Balaban J connectivity index is 2.26. The van der Waals surface area contributed by atoms with Crippen LogP contribution in [0, 0.1) is 0 Å². The van der Waals surface area contributed by atoms with Crippen LogP contribution in [-0.4, -0.2) is 10.2 Å². The molecule has 2 aromatic carbocycles. The third-order valence-corrected chi connectivity index (χ3v) is 2.85. The summed E-state index contributed by atoms with van der Waals surface area (Å²) in [5.41, 5.74) is 4.51. The van der Waals surface area contributed by atoms with Gasteiger partial charge in [0.15, 0.2) is 0 Å². The van der Waals surface area contributed by atoms with Gasteiger partial charge >= 0.3 is 0 Å². The van der Waals surface area contributed by atoms with Crippen molar-refractivity contribution in [3.05, 3.63) is 47.5 Å². The van der Waals surface area contributed by atoms with Crippen LogP contribution in [0.4, 0.5) is 0 Å². The van der Waals surface area contributed by atoms with Gasteiger partial charge in [-0.15, -0.1) is 0 Å². The maximum Gasteiger partial charge on any atom is 0.116 e. The quantitative estimate of drug-likeness (QED) is 0.583. The number of benzene rings is 2. The normalized spacial score (nSPS) is 12.3. The van der Waals surface area contributed by atoms with Crippen LogP contribution < -0.4 is 0 Å². The van der Waals surface area contributed by atoms with E-state index in [1.807, 2.05) is 12.1 Å². The Bertz CT molecular complexity index is 544. The van der Waals surface area contributed by atoms with E-state index in [1.54, 1.807) is 24.3 Å². The lowest BCUT2D eigenvalue weighted by atomic mass is 10.1. The topological polar surface area (TPSA) is 40.5 Å². The van der Waals surface area contributed by atoms with E-state index in [0.717, 1.165) is 23.1 Å². The molecule has 0 bridgehead atoms. The van der Waals surface area contributed by atoms with Crippen LogP contribution in [0.15, 0.2) is 36.4 Å². The monoisotopic (exact) mass is 198 g/mol. The first-order chi connectivity index (χ1) is 7.24. The minimum atomic E-state index is 0.287. The highest BCUT2D eigenvalue weighted by Crippen LogP contribution is 2.39. The Labute approximate surface area is 87.4 Å². The number of fused-ring (bicyclic) bond motifs is 3. The van der Waals surface area contributed by atoms with E-state index in [9.17, 15) is 10.2 Å². The third-order valence-electron chi connectivity index (χ3n) is 2.85. The van der Waals surface area contributed by atoms with Gasteiger partial charge in [-0.2, -0.15) is 0 Å². The highest BCUT2D eigenvalue weighted by Gasteiger charge is 2.18. The van der Waals surface area contributed by atoms with Gasteiger partial charge in [0.05, 0.1) is 0 Å². The van der Waals surface area contributed by atoms with Crippen LogP contribution >= 0.6 is 0 Å². The summed E-state index contributed by atoms with van der Waals surface area (Å²) in [7, 11) is 0. The minimum absolute atomic E-state index is 0.287.